The summed E-state index contributed by atoms with van der Waals surface area (Å²) in [5, 5.41) is 0. The van der Waals surface area contributed by atoms with Crippen LogP contribution in [-0.4, -0.2) is 0 Å². The molecule has 2 aromatic heterocycles. The third-order valence-electron chi connectivity index (χ3n) is 2.29. The van der Waals surface area contributed by atoms with Crippen molar-refractivity contribution in [1.29, 1.82) is 0 Å². The normalized spacial score (nSPS) is 13.0. The largest absolute Gasteiger partial charge is 0.469 e. The fourth-order valence-corrected chi connectivity index (χ4v) is 4.06. The predicted molar refractivity (Wildman–Crippen MR) is 75.9 cm³/mol. The first kappa shape index (κ1) is 12.7. The van der Waals surface area contributed by atoms with E-state index in [9.17, 15) is 0 Å². The monoisotopic (exact) mass is 382 g/mol. The van der Waals surface area contributed by atoms with Gasteiger partial charge in [-0.1, -0.05) is 34.5 Å². The van der Waals surface area contributed by atoms with Crippen molar-refractivity contribution < 1.29 is 4.42 Å². The molecule has 0 saturated heterocycles. The van der Waals surface area contributed by atoms with Gasteiger partial charge in [0.2, 0.25) is 0 Å². The third kappa shape index (κ3) is 2.40. The van der Waals surface area contributed by atoms with Crippen LogP contribution in [0.1, 0.15) is 28.0 Å². The second-order valence-electron chi connectivity index (χ2n) is 3.29. The molecular weight excluding hydrogens is 375 g/mol. The average molecular weight is 385 g/mol. The number of halogens is 3. The van der Waals surface area contributed by atoms with Crippen LogP contribution in [0.2, 0.25) is 4.34 Å². The van der Waals surface area contributed by atoms with Crippen LogP contribution in [0, 0.1) is 0 Å². The molecule has 0 aliphatic carbocycles. The van der Waals surface area contributed by atoms with Gasteiger partial charge in [-0.2, -0.15) is 0 Å². The molecule has 0 aliphatic rings. The summed E-state index contributed by atoms with van der Waals surface area (Å²) in [5.74, 6) is 1.02. The zero-order valence-corrected chi connectivity index (χ0v) is 13.2. The van der Waals surface area contributed by atoms with Crippen LogP contribution in [0.25, 0.3) is 0 Å². The molecule has 0 amide bonds. The zero-order chi connectivity index (χ0) is 11.7. The lowest BCUT2D eigenvalue weighted by Crippen LogP contribution is -1.91. The molecule has 5 heteroatoms. The fourth-order valence-electron chi connectivity index (χ4n) is 1.51. The second-order valence-corrected chi connectivity index (χ2v) is 6.74. The van der Waals surface area contributed by atoms with E-state index in [1.807, 2.05) is 12.1 Å². The minimum atomic E-state index is 0.148. The molecule has 0 N–H and O–H groups in total. The Hall–Kier alpha value is 0.230. The molecule has 1 unspecified atom stereocenters. The van der Waals surface area contributed by atoms with Gasteiger partial charge in [0.25, 0.3) is 0 Å². The second kappa shape index (κ2) is 5.25. The predicted octanol–water partition coefficient (Wildman–Crippen LogP) is 5.80. The Morgan fingerprint density at radius 1 is 1.56 bits per heavy atom. The summed E-state index contributed by atoms with van der Waals surface area (Å²) in [5.41, 5.74) is 1.17. The molecule has 86 valence electrons. The SMILES string of the molecule is CCc1occc1C(Br)c1cc(Br)c(Cl)s1. The first-order valence-electron chi connectivity index (χ1n) is 4.78. The van der Waals surface area contributed by atoms with Gasteiger partial charge >= 0.3 is 0 Å². The lowest BCUT2D eigenvalue weighted by Gasteiger charge is -2.06. The Bertz CT molecular complexity index is 472. The van der Waals surface area contributed by atoms with E-state index in [0.717, 1.165) is 21.0 Å². The number of hydrogen-bond acceptors (Lipinski definition) is 2. The molecule has 0 aromatic carbocycles. The molecule has 0 aliphatic heterocycles. The van der Waals surface area contributed by atoms with Crippen molar-refractivity contribution in [2.45, 2.75) is 18.2 Å². The topological polar surface area (TPSA) is 13.1 Å². The number of rotatable bonds is 3. The van der Waals surface area contributed by atoms with Gasteiger partial charge in [0.05, 0.1) is 11.1 Å². The highest BCUT2D eigenvalue weighted by atomic mass is 79.9. The highest BCUT2D eigenvalue weighted by Crippen LogP contribution is 2.42. The van der Waals surface area contributed by atoms with Gasteiger partial charge in [-0.15, -0.1) is 11.3 Å². The van der Waals surface area contributed by atoms with E-state index in [1.165, 1.54) is 10.4 Å². The Labute approximate surface area is 120 Å². The van der Waals surface area contributed by atoms with Gasteiger partial charge < -0.3 is 4.42 Å². The standard InChI is InChI=1S/C11H9Br2ClOS/c1-2-8-6(3-4-15-8)10(13)9-5-7(12)11(14)16-9/h3-5,10H,2H2,1H3. The maximum Gasteiger partial charge on any atom is 0.108 e. The zero-order valence-electron chi connectivity index (χ0n) is 8.47. The van der Waals surface area contributed by atoms with Crippen LogP contribution in [0.4, 0.5) is 0 Å². The molecule has 2 aromatic rings. The maximum atomic E-state index is 6.04. The van der Waals surface area contributed by atoms with Gasteiger partial charge in [-0.25, -0.2) is 0 Å². The quantitative estimate of drug-likeness (QED) is 0.609. The van der Waals surface area contributed by atoms with Gasteiger partial charge in [0.1, 0.15) is 10.1 Å². The summed E-state index contributed by atoms with van der Waals surface area (Å²) in [6.45, 7) is 2.08. The summed E-state index contributed by atoms with van der Waals surface area (Å²) in [4.78, 5) is 1.32. The first-order chi connectivity index (χ1) is 7.63. The van der Waals surface area contributed by atoms with Crippen LogP contribution in [0.15, 0.2) is 27.3 Å². The molecule has 0 saturated carbocycles. The maximum absolute atomic E-state index is 6.04. The van der Waals surface area contributed by atoms with Crippen LogP contribution >= 0.6 is 54.8 Å². The Morgan fingerprint density at radius 2 is 2.31 bits per heavy atom. The Kier molecular flexibility index (Phi) is 4.16. The number of hydrogen-bond donors (Lipinski definition) is 0. The van der Waals surface area contributed by atoms with E-state index in [4.69, 9.17) is 16.0 Å². The molecule has 2 rings (SSSR count). The van der Waals surface area contributed by atoms with Crippen molar-refractivity contribution in [3.63, 3.8) is 0 Å². The highest BCUT2D eigenvalue weighted by molar-refractivity contribution is 9.10. The number of furan rings is 1. The molecule has 2 heterocycles. The lowest BCUT2D eigenvalue weighted by atomic mass is 10.1. The number of alkyl halides is 1. The fraction of sp³-hybridized carbons (Fsp3) is 0.273. The minimum Gasteiger partial charge on any atom is -0.469 e. The van der Waals surface area contributed by atoms with E-state index >= 15 is 0 Å². The van der Waals surface area contributed by atoms with Crippen LogP contribution in [-0.2, 0) is 6.42 Å². The molecule has 1 atom stereocenters. The summed E-state index contributed by atoms with van der Waals surface area (Å²) < 4.78 is 7.15. The Morgan fingerprint density at radius 3 is 2.88 bits per heavy atom. The van der Waals surface area contributed by atoms with Crippen LogP contribution in [0.3, 0.4) is 0 Å². The summed E-state index contributed by atoms with van der Waals surface area (Å²) in [6.07, 6.45) is 2.62. The van der Waals surface area contributed by atoms with Crippen molar-refractivity contribution in [2.75, 3.05) is 0 Å². The van der Waals surface area contributed by atoms with Gasteiger partial charge in [-0.3, -0.25) is 0 Å². The third-order valence-corrected chi connectivity index (χ3v) is 6.12. The number of thiophene rings is 1. The Balaban J connectivity index is 2.35. The van der Waals surface area contributed by atoms with E-state index < -0.39 is 0 Å². The molecular formula is C11H9Br2ClOS. The highest BCUT2D eigenvalue weighted by Gasteiger charge is 2.19. The van der Waals surface area contributed by atoms with Crippen molar-refractivity contribution in [1.82, 2.24) is 0 Å². The van der Waals surface area contributed by atoms with Crippen molar-refractivity contribution in [3.05, 3.63) is 43.4 Å². The molecule has 16 heavy (non-hydrogen) atoms. The van der Waals surface area contributed by atoms with Crippen LogP contribution in [0.5, 0.6) is 0 Å². The van der Waals surface area contributed by atoms with Crippen molar-refractivity contribution >= 4 is 54.8 Å². The van der Waals surface area contributed by atoms with Gasteiger partial charge in [-0.05, 0) is 28.1 Å². The van der Waals surface area contributed by atoms with E-state index in [-0.39, 0.29) is 4.83 Å². The summed E-state index contributed by atoms with van der Waals surface area (Å²) >= 11 is 14.7. The smallest absolute Gasteiger partial charge is 0.108 e. The average Bonchev–Trinajstić information content (AvgIpc) is 2.85. The number of aryl methyl sites for hydroxylation is 1. The van der Waals surface area contributed by atoms with Crippen molar-refractivity contribution in [3.8, 4) is 0 Å². The van der Waals surface area contributed by atoms with Crippen molar-refractivity contribution in [2.24, 2.45) is 0 Å². The van der Waals surface area contributed by atoms with E-state index in [0.29, 0.717) is 0 Å². The van der Waals surface area contributed by atoms with Gasteiger partial charge in [0, 0.05) is 21.3 Å². The molecule has 0 spiro atoms. The van der Waals surface area contributed by atoms with E-state index in [1.54, 1.807) is 17.6 Å². The minimum absolute atomic E-state index is 0.148. The molecule has 0 fully saturated rings. The first-order valence-corrected chi connectivity index (χ1v) is 7.68. The molecule has 0 radical (unpaired) electrons. The van der Waals surface area contributed by atoms with Gasteiger partial charge in [0.15, 0.2) is 0 Å². The molecule has 0 bridgehead atoms. The summed E-state index contributed by atoms with van der Waals surface area (Å²) in [7, 11) is 0. The summed E-state index contributed by atoms with van der Waals surface area (Å²) in [6, 6.07) is 4.04. The molecule has 1 nitrogen and oxygen atoms in total. The van der Waals surface area contributed by atoms with Crippen LogP contribution < -0.4 is 0 Å². The van der Waals surface area contributed by atoms with E-state index in [2.05, 4.69) is 38.8 Å². The lowest BCUT2D eigenvalue weighted by molar-refractivity contribution is 0.512.